The molecular formula is C34H55NO4. The van der Waals surface area contributed by atoms with Gasteiger partial charge in [-0.1, -0.05) is 77.7 Å². The fourth-order valence-corrected chi connectivity index (χ4v) is 8.80. The number of esters is 1. The van der Waals surface area contributed by atoms with Crippen LogP contribution >= 0.6 is 0 Å². The number of rotatable bonds is 8. The maximum Gasteiger partial charge on any atom is 0.407 e. The summed E-state index contributed by atoms with van der Waals surface area (Å²) in [5.74, 6) is 3.91. The zero-order chi connectivity index (χ0) is 28.6. The minimum atomic E-state index is -0.570. The molecule has 0 aromatic rings. The van der Waals surface area contributed by atoms with Crippen molar-refractivity contribution in [3.8, 4) is 0 Å². The van der Waals surface area contributed by atoms with Gasteiger partial charge in [-0.25, -0.2) is 4.79 Å². The molecule has 0 spiro atoms. The number of allylic oxidation sites excluding steroid dienone is 3. The Morgan fingerprint density at radius 1 is 1.08 bits per heavy atom. The molecule has 0 saturated heterocycles. The summed E-state index contributed by atoms with van der Waals surface area (Å²) in [4.78, 5) is 24.4. The van der Waals surface area contributed by atoms with E-state index in [4.69, 9.17) is 9.47 Å². The van der Waals surface area contributed by atoms with Crippen LogP contribution in [0, 0.1) is 46.3 Å². The van der Waals surface area contributed by atoms with E-state index in [1.165, 1.54) is 37.7 Å². The summed E-state index contributed by atoms with van der Waals surface area (Å²) in [5.41, 5.74) is 1.52. The quantitative estimate of drug-likeness (QED) is 0.248. The van der Waals surface area contributed by atoms with Crippen molar-refractivity contribution in [2.24, 2.45) is 46.3 Å². The van der Waals surface area contributed by atoms with E-state index in [9.17, 15) is 9.59 Å². The predicted molar refractivity (Wildman–Crippen MR) is 157 cm³/mol. The molecule has 0 unspecified atom stereocenters. The van der Waals surface area contributed by atoms with E-state index in [0.29, 0.717) is 23.2 Å². The normalized spacial score (nSPS) is 36.3. The van der Waals surface area contributed by atoms with Crippen LogP contribution in [0.3, 0.4) is 0 Å². The van der Waals surface area contributed by atoms with E-state index in [0.717, 1.165) is 43.4 Å². The minimum Gasteiger partial charge on any atom is -0.459 e. The third-order valence-electron chi connectivity index (χ3n) is 10.8. The lowest BCUT2D eigenvalue weighted by molar-refractivity contribution is -0.153. The number of carbonyl (C=O) groups is 2. The van der Waals surface area contributed by atoms with Gasteiger partial charge in [0.1, 0.15) is 18.2 Å². The zero-order valence-corrected chi connectivity index (χ0v) is 26.0. The molecule has 0 aliphatic heterocycles. The van der Waals surface area contributed by atoms with Crippen LogP contribution in [0.5, 0.6) is 0 Å². The van der Waals surface area contributed by atoms with Crippen molar-refractivity contribution >= 4 is 12.1 Å². The average Bonchev–Trinajstić information content (AvgIpc) is 3.19. The third kappa shape index (κ3) is 6.59. The molecule has 1 amide bonds. The lowest BCUT2D eigenvalue weighted by atomic mass is 9.46. The van der Waals surface area contributed by atoms with E-state index >= 15 is 0 Å². The summed E-state index contributed by atoms with van der Waals surface area (Å²) in [6, 6.07) is 0. The Hall–Kier alpha value is -1.78. The van der Waals surface area contributed by atoms with Crippen LogP contribution in [0.1, 0.15) is 113 Å². The Labute approximate surface area is 237 Å². The molecule has 4 aliphatic rings. The second-order valence-electron chi connectivity index (χ2n) is 15.1. The van der Waals surface area contributed by atoms with Gasteiger partial charge in [-0.3, -0.25) is 4.79 Å². The van der Waals surface area contributed by atoms with Gasteiger partial charge in [0.2, 0.25) is 0 Å². The number of alkyl carbamates (subject to hydrolysis) is 1. The molecule has 0 aromatic carbocycles. The van der Waals surface area contributed by atoms with E-state index in [-0.39, 0.29) is 18.1 Å². The number of hydrogen-bond acceptors (Lipinski definition) is 4. The van der Waals surface area contributed by atoms with Gasteiger partial charge < -0.3 is 14.8 Å². The van der Waals surface area contributed by atoms with Gasteiger partial charge in [0.15, 0.2) is 0 Å². The maximum absolute atomic E-state index is 12.4. The number of nitrogens with one attached hydrogen (secondary N) is 1. The summed E-state index contributed by atoms with van der Waals surface area (Å²) in [6.07, 6.45) is 17.6. The third-order valence-corrected chi connectivity index (χ3v) is 10.8. The van der Waals surface area contributed by atoms with Gasteiger partial charge in [0.25, 0.3) is 0 Å². The van der Waals surface area contributed by atoms with E-state index < -0.39 is 17.7 Å². The number of amides is 1. The van der Waals surface area contributed by atoms with E-state index in [1.54, 1.807) is 0 Å². The smallest absolute Gasteiger partial charge is 0.407 e. The van der Waals surface area contributed by atoms with Crippen LogP contribution in [0.25, 0.3) is 0 Å². The summed E-state index contributed by atoms with van der Waals surface area (Å²) >= 11 is 0. The SMILES string of the molecule is CC(C)CCC[C@@H](C)[C@H]1C=C[C@H]2[C@@H]3CC=C4C[C@@H](OC(=O)NCC(=O)OC(C)(C)C)CC[C@]4(C)[C@H]3CC[C@]12C. The van der Waals surface area contributed by atoms with Crippen molar-refractivity contribution in [3.05, 3.63) is 23.8 Å². The first-order valence-corrected chi connectivity index (χ1v) is 15.8. The highest BCUT2D eigenvalue weighted by Crippen LogP contribution is 2.65. The molecule has 2 fully saturated rings. The lowest BCUT2D eigenvalue weighted by Gasteiger charge is -2.58. The first-order chi connectivity index (χ1) is 18.2. The molecule has 0 bridgehead atoms. The van der Waals surface area contributed by atoms with Crippen molar-refractivity contribution in [3.63, 3.8) is 0 Å². The highest BCUT2D eigenvalue weighted by atomic mass is 16.6. The van der Waals surface area contributed by atoms with E-state index in [1.807, 2.05) is 20.8 Å². The number of hydrogen-bond donors (Lipinski definition) is 1. The molecule has 5 heteroatoms. The standard InChI is InChI=1S/C34H55NO4/c1-22(2)10-9-11-23(3)27-14-15-28-26-13-12-24-20-25(38-31(37)35-21-30(36)39-32(4,5)6)16-18-33(24,7)29(26)17-19-34(27,28)8/h12,14-15,22-23,25-29H,9-11,13,16-21H2,1-8H3,(H,35,37)/t23-,25+,26+,27-,28+,29+,33+,34-/m1/s1. The van der Waals surface area contributed by atoms with Crippen molar-refractivity contribution < 1.29 is 19.1 Å². The van der Waals surface area contributed by atoms with Crippen LogP contribution in [0.15, 0.2) is 23.8 Å². The lowest BCUT2D eigenvalue weighted by Crippen LogP contribution is -2.51. The molecule has 0 heterocycles. The number of carbonyl (C=O) groups excluding carboxylic acids is 2. The van der Waals surface area contributed by atoms with Crippen molar-refractivity contribution in [1.29, 1.82) is 0 Å². The Balaban J connectivity index is 1.35. The highest BCUT2D eigenvalue weighted by molar-refractivity contribution is 5.78. The van der Waals surface area contributed by atoms with Gasteiger partial charge in [-0.15, -0.1) is 0 Å². The first-order valence-electron chi connectivity index (χ1n) is 15.8. The summed E-state index contributed by atoms with van der Waals surface area (Å²) in [7, 11) is 0. The maximum atomic E-state index is 12.4. The zero-order valence-electron chi connectivity index (χ0n) is 26.0. The van der Waals surface area contributed by atoms with Crippen LogP contribution in [0.2, 0.25) is 0 Å². The summed E-state index contributed by atoms with van der Waals surface area (Å²) < 4.78 is 11.0. The van der Waals surface area contributed by atoms with Gasteiger partial charge in [-0.2, -0.15) is 0 Å². The van der Waals surface area contributed by atoms with Gasteiger partial charge in [-0.05, 0) is 99.2 Å². The molecule has 39 heavy (non-hydrogen) atoms. The fraction of sp³-hybridized carbons (Fsp3) is 0.824. The molecule has 4 aliphatic carbocycles. The highest BCUT2D eigenvalue weighted by Gasteiger charge is 2.57. The molecule has 1 N–H and O–H groups in total. The monoisotopic (exact) mass is 541 g/mol. The molecule has 0 aromatic heterocycles. The van der Waals surface area contributed by atoms with Crippen LogP contribution < -0.4 is 5.32 Å². The Bertz CT molecular complexity index is 961. The summed E-state index contributed by atoms with van der Waals surface area (Å²) in [6.45, 7) is 17.5. The molecule has 4 rings (SSSR count). The van der Waals surface area contributed by atoms with Gasteiger partial charge >= 0.3 is 12.1 Å². The van der Waals surface area contributed by atoms with Crippen molar-refractivity contribution in [2.75, 3.05) is 6.54 Å². The van der Waals surface area contributed by atoms with Gasteiger partial charge in [0.05, 0.1) is 0 Å². The first kappa shape index (κ1) is 30.2. The van der Waals surface area contributed by atoms with Crippen LogP contribution in [-0.2, 0) is 14.3 Å². The fourth-order valence-electron chi connectivity index (χ4n) is 8.80. The summed E-state index contributed by atoms with van der Waals surface area (Å²) in [5, 5.41) is 2.58. The topological polar surface area (TPSA) is 64.6 Å². The molecule has 5 nitrogen and oxygen atoms in total. The largest absolute Gasteiger partial charge is 0.459 e. The molecule has 220 valence electrons. The minimum absolute atomic E-state index is 0.129. The number of ether oxygens (including phenoxy) is 2. The van der Waals surface area contributed by atoms with Crippen LogP contribution in [-0.4, -0.2) is 30.3 Å². The Morgan fingerprint density at radius 3 is 2.51 bits per heavy atom. The molecule has 2 saturated carbocycles. The molecule has 0 radical (unpaired) electrons. The van der Waals surface area contributed by atoms with Crippen molar-refractivity contribution in [2.45, 2.75) is 125 Å². The average molecular weight is 542 g/mol. The Morgan fingerprint density at radius 2 is 1.82 bits per heavy atom. The van der Waals surface area contributed by atoms with E-state index in [2.05, 4.69) is 58.2 Å². The number of fused-ring (bicyclic) bond motifs is 5. The van der Waals surface area contributed by atoms with Crippen molar-refractivity contribution in [1.82, 2.24) is 5.32 Å². The second kappa shape index (κ2) is 11.6. The predicted octanol–water partition coefficient (Wildman–Crippen LogP) is 8.24. The molecular weight excluding hydrogens is 486 g/mol. The van der Waals surface area contributed by atoms with Crippen LogP contribution in [0.4, 0.5) is 4.79 Å². The molecule has 8 atom stereocenters. The van der Waals surface area contributed by atoms with Gasteiger partial charge in [0, 0.05) is 6.42 Å². The Kier molecular flexibility index (Phi) is 8.98. The second-order valence-corrected chi connectivity index (χ2v) is 15.1.